The molecule has 22 heavy (non-hydrogen) atoms. The van der Waals surface area contributed by atoms with Gasteiger partial charge in [0.15, 0.2) is 0 Å². The number of hydrogen-bond donors (Lipinski definition) is 1. The molecule has 1 N–H and O–H groups in total. The number of aliphatic hydroxyl groups excluding tert-OH is 1. The molecule has 0 bridgehead atoms. The normalized spacial score (nSPS) is 21.8. The first-order chi connectivity index (χ1) is 10.5. The Morgan fingerprint density at radius 1 is 1.32 bits per heavy atom. The van der Waals surface area contributed by atoms with Gasteiger partial charge in [-0.3, -0.25) is 9.48 Å². The molecule has 0 spiro atoms. The zero-order valence-electron chi connectivity index (χ0n) is 13.0. The molecule has 7 heteroatoms. The number of amides is 1. The van der Waals surface area contributed by atoms with E-state index in [4.69, 9.17) is 0 Å². The van der Waals surface area contributed by atoms with Crippen molar-refractivity contribution in [3.8, 4) is 5.82 Å². The molecule has 2 atom stereocenters. The molecule has 3 heterocycles. The third-order valence-electron chi connectivity index (χ3n) is 4.20. The maximum Gasteiger partial charge on any atom is 0.259 e. The fourth-order valence-corrected chi connectivity index (χ4v) is 2.98. The van der Waals surface area contributed by atoms with Gasteiger partial charge in [-0.15, -0.1) is 0 Å². The van der Waals surface area contributed by atoms with Crippen molar-refractivity contribution in [2.75, 3.05) is 27.2 Å². The molecule has 3 rings (SSSR count). The number of nitrogens with zero attached hydrogens (tertiary/aromatic N) is 5. The molecule has 0 radical (unpaired) electrons. The molecule has 118 valence electrons. The first-order valence-corrected chi connectivity index (χ1v) is 7.28. The summed E-state index contributed by atoms with van der Waals surface area (Å²) in [6.45, 7) is 0.870. The summed E-state index contributed by atoms with van der Waals surface area (Å²) in [5.41, 5.74) is 0.547. The van der Waals surface area contributed by atoms with Crippen LogP contribution in [-0.2, 0) is 7.05 Å². The van der Waals surface area contributed by atoms with Crippen molar-refractivity contribution in [3.63, 3.8) is 0 Å². The van der Waals surface area contributed by atoms with Crippen molar-refractivity contribution in [2.45, 2.75) is 12.1 Å². The summed E-state index contributed by atoms with van der Waals surface area (Å²) in [5.74, 6) is 0.637. The van der Waals surface area contributed by atoms with Crippen LogP contribution in [0.15, 0.2) is 30.7 Å². The van der Waals surface area contributed by atoms with Crippen molar-refractivity contribution < 1.29 is 9.90 Å². The van der Waals surface area contributed by atoms with E-state index in [1.165, 1.54) is 0 Å². The minimum Gasteiger partial charge on any atom is -0.390 e. The van der Waals surface area contributed by atoms with Crippen molar-refractivity contribution in [1.29, 1.82) is 0 Å². The topological polar surface area (TPSA) is 66.5 Å². The highest BCUT2D eigenvalue weighted by molar-refractivity contribution is 5.97. The van der Waals surface area contributed by atoms with E-state index in [9.17, 15) is 9.90 Å². The summed E-state index contributed by atoms with van der Waals surface area (Å²) in [6, 6.07) is 3.78. The maximum absolute atomic E-state index is 12.8. The van der Waals surface area contributed by atoms with Gasteiger partial charge >= 0.3 is 0 Å². The molecule has 1 amide bonds. The first-order valence-electron chi connectivity index (χ1n) is 7.28. The summed E-state index contributed by atoms with van der Waals surface area (Å²) in [5, 5.41) is 14.3. The van der Waals surface area contributed by atoms with Crippen LogP contribution in [-0.4, -0.2) is 74.5 Å². The van der Waals surface area contributed by atoms with Crippen LogP contribution in [0.5, 0.6) is 0 Å². The van der Waals surface area contributed by atoms with Crippen molar-refractivity contribution in [3.05, 3.63) is 36.3 Å². The summed E-state index contributed by atoms with van der Waals surface area (Å²) in [4.78, 5) is 16.5. The van der Waals surface area contributed by atoms with Gasteiger partial charge in [-0.05, 0) is 26.2 Å². The Bertz CT molecular complexity index is 662. The van der Waals surface area contributed by atoms with Gasteiger partial charge in [0.1, 0.15) is 11.4 Å². The van der Waals surface area contributed by atoms with E-state index < -0.39 is 6.10 Å². The van der Waals surface area contributed by atoms with Gasteiger partial charge in [-0.1, -0.05) is 0 Å². The molecular weight excluding hydrogens is 282 g/mol. The number of aromatic nitrogens is 3. The van der Waals surface area contributed by atoms with E-state index >= 15 is 0 Å². The van der Waals surface area contributed by atoms with Crippen LogP contribution < -0.4 is 0 Å². The Kier molecular flexibility index (Phi) is 3.76. The second-order valence-electron chi connectivity index (χ2n) is 5.90. The van der Waals surface area contributed by atoms with E-state index in [-0.39, 0.29) is 11.9 Å². The van der Waals surface area contributed by atoms with E-state index in [1.807, 2.05) is 55.1 Å². The van der Waals surface area contributed by atoms with E-state index in [0.29, 0.717) is 18.7 Å². The minimum absolute atomic E-state index is 0.0318. The number of likely N-dealkylation sites (tertiary alicyclic amines) is 1. The van der Waals surface area contributed by atoms with Crippen LogP contribution in [0.1, 0.15) is 10.4 Å². The zero-order chi connectivity index (χ0) is 15.9. The Morgan fingerprint density at radius 2 is 2.00 bits per heavy atom. The highest BCUT2D eigenvalue weighted by Crippen LogP contribution is 2.21. The Hall–Kier alpha value is -2.12. The van der Waals surface area contributed by atoms with Gasteiger partial charge in [0.05, 0.1) is 18.3 Å². The Morgan fingerprint density at radius 3 is 2.59 bits per heavy atom. The lowest BCUT2D eigenvalue weighted by Crippen LogP contribution is -2.38. The van der Waals surface area contributed by atoms with Gasteiger partial charge in [0.25, 0.3) is 5.91 Å². The number of carbonyl (C=O) groups is 1. The molecule has 0 unspecified atom stereocenters. The van der Waals surface area contributed by atoms with Gasteiger partial charge in [-0.25, -0.2) is 0 Å². The Labute approximate surface area is 129 Å². The summed E-state index contributed by atoms with van der Waals surface area (Å²) in [7, 11) is 5.64. The summed E-state index contributed by atoms with van der Waals surface area (Å²) < 4.78 is 3.55. The highest BCUT2D eigenvalue weighted by Gasteiger charge is 2.36. The number of rotatable bonds is 3. The number of β-amino-alcohol motifs (C(OH)–C–C–N with tert-alkyl or cyclic N) is 1. The van der Waals surface area contributed by atoms with E-state index in [2.05, 4.69) is 5.10 Å². The monoisotopic (exact) mass is 303 g/mol. The van der Waals surface area contributed by atoms with E-state index in [0.717, 1.165) is 5.82 Å². The molecule has 1 fully saturated rings. The smallest absolute Gasteiger partial charge is 0.259 e. The van der Waals surface area contributed by atoms with Crippen LogP contribution in [0.2, 0.25) is 0 Å². The second-order valence-corrected chi connectivity index (χ2v) is 5.90. The van der Waals surface area contributed by atoms with E-state index in [1.54, 1.807) is 15.8 Å². The lowest BCUT2D eigenvalue weighted by molar-refractivity contribution is 0.0764. The van der Waals surface area contributed by atoms with Crippen LogP contribution in [0, 0.1) is 0 Å². The van der Waals surface area contributed by atoms with Gasteiger partial charge in [0, 0.05) is 32.5 Å². The predicted molar refractivity (Wildman–Crippen MR) is 81.9 cm³/mol. The predicted octanol–water partition coefficient (Wildman–Crippen LogP) is -0.0423. The number of aryl methyl sites for hydroxylation is 1. The molecule has 2 aromatic rings. The third-order valence-corrected chi connectivity index (χ3v) is 4.20. The van der Waals surface area contributed by atoms with Crippen LogP contribution in [0.25, 0.3) is 5.82 Å². The average Bonchev–Trinajstić information content (AvgIpc) is 3.16. The SMILES string of the molecule is CN(C)[C@H]1CN(C(=O)c2cnn(C)c2-n2cccc2)C[C@@H]1O. The molecule has 0 aromatic carbocycles. The molecule has 0 aliphatic carbocycles. The summed E-state index contributed by atoms with van der Waals surface area (Å²) >= 11 is 0. The lowest BCUT2D eigenvalue weighted by atomic mass is 10.2. The quantitative estimate of drug-likeness (QED) is 0.864. The number of likely N-dealkylation sites (N-methyl/N-ethyl adjacent to an activating group) is 1. The van der Waals surface area contributed by atoms with Gasteiger partial charge in [-0.2, -0.15) is 5.10 Å². The van der Waals surface area contributed by atoms with Gasteiger partial charge in [0.2, 0.25) is 0 Å². The molecular formula is C15H21N5O2. The highest BCUT2D eigenvalue weighted by atomic mass is 16.3. The molecule has 0 saturated carbocycles. The molecule has 2 aromatic heterocycles. The average molecular weight is 303 g/mol. The van der Waals surface area contributed by atoms with Crippen molar-refractivity contribution in [2.24, 2.45) is 7.05 Å². The molecule has 1 aliphatic heterocycles. The van der Waals surface area contributed by atoms with Gasteiger partial charge < -0.3 is 19.5 Å². The minimum atomic E-state index is -0.523. The zero-order valence-corrected chi connectivity index (χ0v) is 13.0. The number of aliphatic hydroxyl groups is 1. The lowest BCUT2D eigenvalue weighted by Gasteiger charge is -2.21. The molecule has 1 aliphatic rings. The number of carbonyl (C=O) groups excluding carboxylic acids is 1. The number of hydrogen-bond acceptors (Lipinski definition) is 4. The third kappa shape index (κ3) is 2.42. The van der Waals surface area contributed by atoms with Crippen LogP contribution in [0.3, 0.4) is 0 Å². The summed E-state index contributed by atoms with van der Waals surface area (Å²) in [6.07, 6.45) is 4.84. The molecule has 1 saturated heterocycles. The van der Waals surface area contributed by atoms with Crippen molar-refractivity contribution in [1.82, 2.24) is 24.1 Å². The van der Waals surface area contributed by atoms with Crippen LogP contribution in [0.4, 0.5) is 0 Å². The fraction of sp³-hybridized carbons (Fsp3) is 0.467. The Balaban J connectivity index is 1.88. The second kappa shape index (κ2) is 5.58. The standard InChI is InChI=1S/C15H21N5O2/c1-17(2)12-9-20(10-13(12)21)15(22)11-8-16-18(3)14(11)19-6-4-5-7-19/h4-8,12-13,21H,9-10H2,1-3H3/t12-,13-/m0/s1. The molecule has 7 nitrogen and oxygen atoms in total. The largest absolute Gasteiger partial charge is 0.390 e. The fourth-order valence-electron chi connectivity index (χ4n) is 2.98. The van der Waals surface area contributed by atoms with Crippen LogP contribution >= 0.6 is 0 Å². The first kappa shape index (κ1) is 14.8. The van der Waals surface area contributed by atoms with Crippen molar-refractivity contribution >= 4 is 5.91 Å². The maximum atomic E-state index is 12.8.